The van der Waals surface area contributed by atoms with Gasteiger partial charge in [-0.05, 0) is 46.5 Å². The lowest BCUT2D eigenvalue weighted by molar-refractivity contribution is 0.127. The molecule has 7 nitrogen and oxygen atoms in total. The van der Waals surface area contributed by atoms with Gasteiger partial charge in [-0.3, -0.25) is 0 Å². The molecule has 1 aliphatic heterocycles. The number of benzene rings is 1. The molecule has 1 saturated carbocycles. The Morgan fingerprint density at radius 2 is 1.97 bits per heavy atom. The van der Waals surface area contributed by atoms with Gasteiger partial charge in [0.05, 0.1) is 34.1 Å². The van der Waals surface area contributed by atoms with E-state index >= 15 is 0 Å². The van der Waals surface area contributed by atoms with Crippen molar-refractivity contribution in [3.8, 4) is 5.75 Å². The molecular formula is C24H29BrClN5O2Si. The van der Waals surface area contributed by atoms with Gasteiger partial charge in [-0.1, -0.05) is 48.6 Å². The van der Waals surface area contributed by atoms with Gasteiger partial charge in [0.1, 0.15) is 19.6 Å². The number of rotatable bonds is 5. The van der Waals surface area contributed by atoms with Crippen LogP contribution in [0.15, 0.2) is 41.1 Å². The molecule has 0 amide bonds. The Morgan fingerprint density at radius 3 is 2.62 bits per heavy atom. The van der Waals surface area contributed by atoms with Crippen LogP contribution in [0.25, 0.3) is 0 Å². The zero-order chi connectivity index (χ0) is 24.3. The van der Waals surface area contributed by atoms with Gasteiger partial charge in [0.15, 0.2) is 0 Å². The van der Waals surface area contributed by atoms with Crippen molar-refractivity contribution in [2.45, 2.75) is 56.6 Å². The van der Waals surface area contributed by atoms with E-state index in [4.69, 9.17) is 21.3 Å². The Bertz CT molecular complexity index is 1220. The van der Waals surface area contributed by atoms with Crippen LogP contribution in [-0.4, -0.2) is 52.9 Å². The molecule has 2 aromatic heterocycles. The summed E-state index contributed by atoms with van der Waals surface area (Å²) in [6.07, 6.45) is 4.59. The number of hydrogen-bond donors (Lipinski definition) is 1. The van der Waals surface area contributed by atoms with Crippen LogP contribution < -0.4 is 15.0 Å². The molecule has 1 fully saturated rings. The normalized spacial score (nSPS) is 24.1. The summed E-state index contributed by atoms with van der Waals surface area (Å²) in [7, 11) is 0.0782. The highest BCUT2D eigenvalue weighted by Crippen LogP contribution is 2.56. The second-order valence-electron chi connectivity index (χ2n) is 10.5. The zero-order valence-corrected chi connectivity index (χ0v) is 23.1. The summed E-state index contributed by atoms with van der Waals surface area (Å²) < 4.78 is 7.95. The molecule has 5 rings (SSSR count). The first kappa shape index (κ1) is 23.8. The molecule has 1 spiro atoms. The lowest BCUT2D eigenvalue weighted by atomic mass is 9.81. The van der Waals surface area contributed by atoms with Crippen molar-refractivity contribution >= 4 is 46.7 Å². The fourth-order valence-electron chi connectivity index (χ4n) is 5.31. The summed E-state index contributed by atoms with van der Waals surface area (Å²) in [5.74, 6) is 1.72. The van der Waals surface area contributed by atoms with Crippen molar-refractivity contribution in [2.24, 2.45) is 0 Å². The largest absolute Gasteiger partial charge is 0.497 e. The van der Waals surface area contributed by atoms with E-state index in [1.54, 1.807) is 13.3 Å². The molecule has 1 aromatic carbocycles. The topological polar surface area (TPSA) is 76.3 Å². The molecule has 0 radical (unpaired) electrons. The van der Waals surface area contributed by atoms with Crippen LogP contribution in [0, 0.1) is 0 Å². The van der Waals surface area contributed by atoms with Gasteiger partial charge in [0, 0.05) is 36.5 Å². The summed E-state index contributed by atoms with van der Waals surface area (Å²) in [6, 6.07) is 7.94. The van der Waals surface area contributed by atoms with E-state index in [-0.39, 0.29) is 11.5 Å². The molecule has 1 N–H and O–H groups in total. The van der Waals surface area contributed by atoms with E-state index in [1.807, 2.05) is 23.0 Å². The third-order valence-corrected chi connectivity index (χ3v) is 10.1. The molecule has 3 atom stereocenters. The highest BCUT2D eigenvalue weighted by atomic mass is 79.9. The summed E-state index contributed by atoms with van der Waals surface area (Å²) in [6.45, 7) is 8.19. The standard InChI is InChI=1S/C24H29BrClN5O2Si/c1-33-16-7-5-15(6-8-16)12-30-14-24(21-22(26)17(25)11-27-23(21)30)9-18(19(32)10-24)31-13-20(28-29-31)34(2,3)4/h5-8,11,13,18-19,32H,9-10,12,14H2,1-4H3/t18-,19-,24+/m1/s1. The van der Waals surface area contributed by atoms with Crippen LogP contribution >= 0.6 is 27.5 Å². The maximum Gasteiger partial charge on any atom is 0.134 e. The number of ether oxygens (including phenoxy) is 1. The lowest BCUT2D eigenvalue weighted by Crippen LogP contribution is -2.38. The third kappa shape index (κ3) is 4.06. The van der Waals surface area contributed by atoms with Crippen molar-refractivity contribution in [1.29, 1.82) is 0 Å². The molecule has 10 heteroatoms. The van der Waals surface area contributed by atoms with Crippen LogP contribution in [0.4, 0.5) is 5.82 Å². The summed E-state index contributed by atoms with van der Waals surface area (Å²) >= 11 is 10.5. The highest BCUT2D eigenvalue weighted by Gasteiger charge is 2.54. The Hall–Kier alpha value is -1.94. The lowest BCUT2D eigenvalue weighted by Gasteiger charge is -2.26. The monoisotopic (exact) mass is 561 g/mol. The summed E-state index contributed by atoms with van der Waals surface area (Å²) in [4.78, 5) is 7.05. The van der Waals surface area contributed by atoms with Gasteiger partial charge in [-0.15, -0.1) is 5.10 Å². The van der Waals surface area contributed by atoms with Gasteiger partial charge in [-0.2, -0.15) is 0 Å². The van der Waals surface area contributed by atoms with E-state index in [2.05, 4.69) is 62.9 Å². The number of nitrogens with zero attached hydrogens (tertiary/aromatic N) is 5. The second kappa shape index (κ2) is 8.62. The first-order valence-electron chi connectivity index (χ1n) is 11.4. The SMILES string of the molecule is COc1ccc(CN2C[C@]3(C[C@@H](O)[C@H](n4cc([Si](C)(C)C)nn4)C3)c3c2ncc(Br)c3Cl)cc1. The van der Waals surface area contributed by atoms with Crippen LogP contribution in [-0.2, 0) is 12.0 Å². The molecule has 0 saturated heterocycles. The minimum atomic E-state index is -1.59. The Morgan fingerprint density at radius 1 is 1.24 bits per heavy atom. The molecule has 2 aliphatic rings. The number of aromatic nitrogens is 4. The second-order valence-corrected chi connectivity index (χ2v) is 16.7. The quantitative estimate of drug-likeness (QED) is 0.468. The first-order chi connectivity index (χ1) is 16.1. The fraction of sp³-hybridized carbons (Fsp3) is 0.458. The fourth-order valence-corrected chi connectivity index (χ4v) is 6.81. The number of aliphatic hydroxyl groups excluding tert-OH is 1. The van der Waals surface area contributed by atoms with Gasteiger partial charge in [-0.25, -0.2) is 9.67 Å². The molecule has 3 aromatic rings. The maximum absolute atomic E-state index is 11.2. The zero-order valence-electron chi connectivity index (χ0n) is 19.8. The number of methoxy groups -OCH3 is 1. The van der Waals surface area contributed by atoms with E-state index in [9.17, 15) is 5.11 Å². The first-order valence-corrected chi connectivity index (χ1v) is 16.1. The molecule has 0 unspecified atom stereocenters. The van der Waals surface area contributed by atoms with Crippen molar-refractivity contribution in [1.82, 2.24) is 20.0 Å². The minimum Gasteiger partial charge on any atom is -0.497 e. The number of pyridine rings is 1. The van der Waals surface area contributed by atoms with Crippen molar-refractivity contribution < 1.29 is 9.84 Å². The van der Waals surface area contributed by atoms with Crippen LogP contribution in [0.2, 0.25) is 24.7 Å². The van der Waals surface area contributed by atoms with E-state index in [0.717, 1.165) is 45.4 Å². The average molecular weight is 563 g/mol. The predicted octanol–water partition coefficient (Wildman–Crippen LogP) is 4.30. The van der Waals surface area contributed by atoms with E-state index in [0.29, 0.717) is 18.0 Å². The Labute approximate surface area is 214 Å². The molecule has 180 valence electrons. The van der Waals surface area contributed by atoms with Crippen LogP contribution in [0.1, 0.15) is 30.0 Å². The predicted molar refractivity (Wildman–Crippen MR) is 140 cm³/mol. The maximum atomic E-state index is 11.2. The molecular weight excluding hydrogens is 534 g/mol. The third-order valence-electron chi connectivity index (χ3n) is 7.07. The van der Waals surface area contributed by atoms with Crippen LogP contribution in [0.3, 0.4) is 0 Å². The van der Waals surface area contributed by atoms with Gasteiger partial charge >= 0.3 is 0 Å². The summed E-state index contributed by atoms with van der Waals surface area (Å²) in [5, 5.41) is 21.8. The summed E-state index contributed by atoms with van der Waals surface area (Å²) in [5.41, 5.74) is 1.87. The van der Waals surface area contributed by atoms with Crippen molar-refractivity contribution in [3.05, 3.63) is 57.3 Å². The number of halogens is 2. The van der Waals surface area contributed by atoms with Gasteiger partial charge in [0.25, 0.3) is 0 Å². The number of anilines is 1. The van der Waals surface area contributed by atoms with Crippen molar-refractivity contribution in [3.63, 3.8) is 0 Å². The van der Waals surface area contributed by atoms with Crippen molar-refractivity contribution in [2.75, 3.05) is 18.6 Å². The van der Waals surface area contributed by atoms with E-state index in [1.165, 1.54) is 0 Å². The van der Waals surface area contributed by atoms with Crippen LogP contribution in [0.5, 0.6) is 5.75 Å². The number of hydrogen-bond acceptors (Lipinski definition) is 6. The Kier molecular flexibility index (Phi) is 6.03. The van der Waals surface area contributed by atoms with Gasteiger partial charge < -0.3 is 14.7 Å². The average Bonchev–Trinajstić information content (AvgIpc) is 3.48. The Balaban J connectivity index is 1.49. The molecule has 34 heavy (non-hydrogen) atoms. The number of aliphatic hydroxyl groups is 1. The highest BCUT2D eigenvalue weighted by molar-refractivity contribution is 9.10. The minimum absolute atomic E-state index is 0.151. The van der Waals surface area contributed by atoms with Gasteiger partial charge in [0.2, 0.25) is 0 Å². The van der Waals surface area contributed by atoms with E-state index < -0.39 is 14.2 Å². The molecule has 1 aliphatic carbocycles. The smallest absolute Gasteiger partial charge is 0.134 e. The molecule has 3 heterocycles. The number of fused-ring (bicyclic) bond motifs is 2. The molecule has 0 bridgehead atoms.